The topological polar surface area (TPSA) is 83.4 Å². The smallest absolute Gasteiger partial charge is 0.353 e. The zero-order valence-corrected chi connectivity index (χ0v) is 11.0. The van der Waals surface area contributed by atoms with Gasteiger partial charge in [0.15, 0.2) is 5.16 Å². The highest BCUT2D eigenvalue weighted by molar-refractivity contribution is 8.03. The lowest BCUT2D eigenvalue weighted by Crippen LogP contribution is -2.49. The lowest BCUT2D eigenvalue weighted by molar-refractivity contribution is -0.147. The molecule has 7 heteroatoms. The molecule has 2 aliphatic heterocycles. The van der Waals surface area contributed by atoms with Crippen molar-refractivity contribution in [3.05, 3.63) is 28.6 Å². The predicted octanol–water partition coefficient (Wildman–Crippen LogP) is 1.18. The Morgan fingerprint density at radius 3 is 2.95 bits per heavy atom. The molecular formula is C12H11N3O3S. The molecule has 1 amide bonds. The lowest BCUT2D eigenvalue weighted by Gasteiger charge is -2.34. The van der Waals surface area contributed by atoms with Gasteiger partial charge < -0.3 is 10.0 Å². The minimum Gasteiger partial charge on any atom is -0.477 e. The van der Waals surface area contributed by atoms with E-state index in [9.17, 15) is 14.7 Å². The molecule has 0 saturated carbocycles. The van der Waals surface area contributed by atoms with Gasteiger partial charge in [0, 0.05) is 29.6 Å². The van der Waals surface area contributed by atoms with Gasteiger partial charge in [0.1, 0.15) is 5.70 Å². The fourth-order valence-electron chi connectivity index (χ4n) is 2.30. The maximum absolute atomic E-state index is 11.5. The number of carbonyl (C=O) groups excluding carboxylic acids is 1. The van der Waals surface area contributed by atoms with Crippen LogP contribution in [0.4, 0.5) is 0 Å². The van der Waals surface area contributed by atoms with Gasteiger partial charge in [-0.3, -0.25) is 4.79 Å². The number of aromatic nitrogens is 2. The van der Waals surface area contributed by atoms with Crippen LogP contribution in [-0.2, 0) is 9.59 Å². The van der Waals surface area contributed by atoms with Gasteiger partial charge in [0.05, 0.1) is 6.04 Å². The van der Waals surface area contributed by atoms with Crippen molar-refractivity contribution >= 4 is 23.6 Å². The molecule has 0 bridgehead atoms. The number of carbonyl (C=O) groups is 2. The summed E-state index contributed by atoms with van der Waals surface area (Å²) < 4.78 is 0. The number of carboxylic acid groups (broad SMARTS) is 1. The summed E-state index contributed by atoms with van der Waals surface area (Å²) in [6, 6.07) is 1.79. The molecule has 3 rings (SSSR count). The quantitative estimate of drug-likeness (QED) is 0.659. The van der Waals surface area contributed by atoms with E-state index in [4.69, 9.17) is 0 Å². The van der Waals surface area contributed by atoms with E-state index in [2.05, 4.69) is 9.97 Å². The molecule has 1 aromatic rings. The second-order valence-corrected chi connectivity index (χ2v) is 5.55. The molecule has 98 valence electrons. The van der Waals surface area contributed by atoms with Gasteiger partial charge >= 0.3 is 5.97 Å². The van der Waals surface area contributed by atoms with E-state index >= 15 is 0 Å². The Kier molecular flexibility index (Phi) is 2.78. The van der Waals surface area contributed by atoms with Gasteiger partial charge in [-0.25, -0.2) is 14.8 Å². The normalized spacial score (nSPS) is 21.4. The number of aryl methyl sites for hydroxylation is 1. The van der Waals surface area contributed by atoms with Crippen molar-refractivity contribution in [2.24, 2.45) is 0 Å². The number of nitrogens with zero attached hydrogens (tertiary/aromatic N) is 3. The molecule has 2 aliphatic rings. The second kappa shape index (κ2) is 4.34. The highest BCUT2D eigenvalue weighted by atomic mass is 32.2. The second-order valence-electron chi connectivity index (χ2n) is 4.49. The third-order valence-electron chi connectivity index (χ3n) is 3.16. The van der Waals surface area contributed by atoms with Crippen molar-refractivity contribution in [2.45, 2.75) is 31.0 Å². The summed E-state index contributed by atoms with van der Waals surface area (Å²) in [7, 11) is 0. The number of hydrogen-bond donors (Lipinski definition) is 1. The molecule has 1 atom stereocenters. The van der Waals surface area contributed by atoms with Gasteiger partial charge in [0.2, 0.25) is 5.91 Å². The molecule has 0 radical (unpaired) electrons. The minimum absolute atomic E-state index is 0.00547. The van der Waals surface area contributed by atoms with Crippen LogP contribution < -0.4 is 0 Å². The summed E-state index contributed by atoms with van der Waals surface area (Å²) in [6.07, 6.45) is 2.64. The van der Waals surface area contributed by atoms with Crippen LogP contribution in [0.5, 0.6) is 0 Å². The Balaban J connectivity index is 1.92. The molecule has 1 aromatic heterocycles. The fourth-order valence-corrected chi connectivity index (χ4v) is 3.38. The molecule has 3 heterocycles. The van der Waals surface area contributed by atoms with E-state index in [-0.39, 0.29) is 17.6 Å². The van der Waals surface area contributed by atoms with Crippen LogP contribution in [-0.4, -0.2) is 37.9 Å². The first kappa shape index (κ1) is 12.2. The van der Waals surface area contributed by atoms with Gasteiger partial charge in [-0.1, -0.05) is 11.8 Å². The van der Waals surface area contributed by atoms with Crippen LogP contribution in [0.15, 0.2) is 28.0 Å². The first-order valence-electron chi connectivity index (χ1n) is 5.82. The highest BCUT2D eigenvalue weighted by Crippen LogP contribution is 2.44. The van der Waals surface area contributed by atoms with E-state index in [0.29, 0.717) is 22.9 Å². The van der Waals surface area contributed by atoms with E-state index in [1.54, 1.807) is 12.3 Å². The van der Waals surface area contributed by atoms with Crippen LogP contribution in [0.2, 0.25) is 0 Å². The Hall–Kier alpha value is -1.89. The Morgan fingerprint density at radius 2 is 2.32 bits per heavy atom. The Morgan fingerprint density at radius 1 is 1.53 bits per heavy atom. The summed E-state index contributed by atoms with van der Waals surface area (Å²) in [5.41, 5.74) is 0.920. The predicted molar refractivity (Wildman–Crippen MR) is 67.2 cm³/mol. The summed E-state index contributed by atoms with van der Waals surface area (Å²) in [4.78, 5) is 33.2. The van der Waals surface area contributed by atoms with Gasteiger partial charge in [0.25, 0.3) is 0 Å². The average Bonchev–Trinajstić information content (AvgIpc) is 2.62. The largest absolute Gasteiger partial charge is 0.477 e. The number of carboxylic acids is 1. The molecule has 0 spiro atoms. The number of rotatable bonds is 3. The molecule has 1 unspecified atom stereocenters. The van der Waals surface area contributed by atoms with E-state index in [0.717, 1.165) is 5.69 Å². The molecule has 1 fully saturated rings. The molecule has 6 nitrogen and oxygen atoms in total. The molecule has 0 aliphatic carbocycles. The number of amides is 1. The van der Waals surface area contributed by atoms with Crippen LogP contribution >= 0.6 is 11.8 Å². The zero-order valence-electron chi connectivity index (χ0n) is 10.2. The zero-order chi connectivity index (χ0) is 13.6. The molecule has 1 N–H and O–H groups in total. The SMILES string of the molecule is Cc1ccnc(SC2=C(C(=O)O)N3C(=O)CC3C2)n1. The summed E-state index contributed by atoms with van der Waals surface area (Å²) in [5, 5.41) is 9.77. The lowest BCUT2D eigenvalue weighted by atomic mass is 10.0. The van der Waals surface area contributed by atoms with Crippen LogP contribution in [0.25, 0.3) is 0 Å². The Labute approximate surface area is 113 Å². The summed E-state index contributed by atoms with van der Waals surface area (Å²) in [6.45, 7) is 1.85. The van der Waals surface area contributed by atoms with Crippen molar-refractivity contribution in [3.63, 3.8) is 0 Å². The monoisotopic (exact) mass is 277 g/mol. The number of thioether (sulfide) groups is 1. The highest BCUT2D eigenvalue weighted by Gasteiger charge is 2.47. The minimum atomic E-state index is -1.06. The molecule has 19 heavy (non-hydrogen) atoms. The molecule has 1 saturated heterocycles. The number of β-lactam (4-membered cyclic amide) rings is 1. The maximum Gasteiger partial charge on any atom is 0.353 e. The number of fused-ring (bicyclic) bond motifs is 1. The van der Waals surface area contributed by atoms with Crippen LogP contribution in [0, 0.1) is 6.92 Å². The standard InChI is InChI=1S/C12H11N3O3S/c1-6-2-3-13-12(14-6)19-8-4-7-5-9(16)15(7)10(8)11(17)18/h2-3,7H,4-5H2,1H3,(H,17,18). The number of aliphatic carboxylic acids is 1. The van der Waals surface area contributed by atoms with Crippen LogP contribution in [0.1, 0.15) is 18.5 Å². The van der Waals surface area contributed by atoms with Crippen molar-refractivity contribution < 1.29 is 14.7 Å². The van der Waals surface area contributed by atoms with Gasteiger partial charge in [-0.15, -0.1) is 0 Å². The van der Waals surface area contributed by atoms with E-state index < -0.39 is 5.97 Å². The van der Waals surface area contributed by atoms with Gasteiger partial charge in [-0.05, 0) is 13.0 Å². The maximum atomic E-state index is 11.5. The van der Waals surface area contributed by atoms with E-state index in [1.165, 1.54) is 16.7 Å². The van der Waals surface area contributed by atoms with Crippen molar-refractivity contribution in [1.82, 2.24) is 14.9 Å². The molecular weight excluding hydrogens is 266 g/mol. The van der Waals surface area contributed by atoms with Crippen molar-refractivity contribution in [1.29, 1.82) is 0 Å². The van der Waals surface area contributed by atoms with Crippen LogP contribution in [0.3, 0.4) is 0 Å². The average molecular weight is 277 g/mol. The van der Waals surface area contributed by atoms with Crippen molar-refractivity contribution in [2.75, 3.05) is 0 Å². The summed E-state index contributed by atoms with van der Waals surface area (Å²) in [5.74, 6) is -1.19. The first-order valence-corrected chi connectivity index (χ1v) is 6.64. The van der Waals surface area contributed by atoms with E-state index in [1.807, 2.05) is 6.92 Å². The first-order chi connectivity index (χ1) is 9.06. The summed E-state index contributed by atoms with van der Waals surface area (Å²) >= 11 is 1.23. The Bertz CT molecular complexity index is 614. The molecule has 0 aromatic carbocycles. The third kappa shape index (κ3) is 1.99. The van der Waals surface area contributed by atoms with Gasteiger partial charge in [-0.2, -0.15) is 0 Å². The third-order valence-corrected chi connectivity index (χ3v) is 4.15. The van der Waals surface area contributed by atoms with Crippen molar-refractivity contribution in [3.8, 4) is 0 Å². The fraction of sp³-hybridized carbons (Fsp3) is 0.333. The number of hydrogen-bond acceptors (Lipinski definition) is 5.